The van der Waals surface area contributed by atoms with Gasteiger partial charge in [0.15, 0.2) is 0 Å². The van der Waals surface area contributed by atoms with Gasteiger partial charge >= 0.3 is 0 Å². The molecule has 1 unspecified atom stereocenters. The molecule has 31 heavy (non-hydrogen) atoms. The van der Waals surface area contributed by atoms with E-state index in [1.54, 1.807) is 30.3 Å². The third kappa shape index (κ3) is 4.90. The first-order valence-electron chi connectivity index (χ1n) is 10.1. The molecule has 1 N–H and O–H groups in total. The van der Waals surface area contributed by atoms with Gasteiger partial charge in [-0.2, -0.15) is 4.31 Å². The Kier molecular flexibility index (Phi) is 5.99. The van der Waals surface area contributed by atoms with Crippen molar-refractivity contribution in [3.63, 3.8) is 0 Å². The lowest BCUT2D eigenvalue weighted by atomic mass is 10.1. The van der Waals surface area contributed by atoms with E-state index in [-0.39, 0.29) is 11.4 Å². The first kappa shape index (κ1) is 21.4. The zero-order valence-electron chi connectivity index (χ0n) is 17.7. The summed E-state index contributed by atoms with van der Waals surface area (Å²) in [5.74, 6) is 0.506. The molecule has 1 aromatic carbocycles. The fraction of sp³-hybridized carbons (Fsp3) is 0.318. The minimum atomic E-state index is -3.59. The molecule has 0 radical (unpaired) electrons. The Bertz CT molecular complexity index is 1160. The van der Waals surface area contributed by atoms with E-state index in [0.717, 1.165) is 22.8 Å². The molecule has 0 amide bonds. The zero-order chi connectivity index (χ0) is 22.0. The highest BCUT2D eigenvalue weighted by atomic mass is 32.2. The molecule has 1 fully saturated rings. The number of rotatable bonds is 5. The van der Waals surface area contributed by atoms with Crippen LogP contribution in [0.4, 0.5) is 11.6 Å². The normalized spacial score (nSPS) is 17.5. The highest BCUT2D eigenvalue weighted by Crippen LogP contribution is 2.28. The van der Waals surface area contributed by atoms with E-state index in [9.17, 15) is 8.42 Å². The Labute approximate surface area is 182 Å². The van der Waals surface area contributed by atoms with Crippen LogP contribution in [0.5, 0.6) is 0 Å². The molecular formula is C22H25N5O3S. The molecule has 1 aliphatic heterocycles. The van der Waals surface area contributed by atoms with Gasteiger partial charge < -0.3 is 10.1 Å². The third-order valence-corrected chi connectivity index (χ3v) is 6.83. The van der Waals surface area contributed by atoms with Crippen LogP contribution >= 0.6 is 0 Å². The molecule has 4 rings (SSSR count). The summed E-state index contributed by atoms with van der Waals surface area (Å²) in [6, 6.07) is 14.1. The van der Waals surface area contributed by atoms with E-state index in [1.165, 1.54) is 4.31 Å². The molecule has 162 valence electrons. The fourth-order valence-corrected chi connectivity index (χ4v) is 5.05. The van der Waals surface area contributed by atoms with Crippen molar-refractivity contribution in [2.75, 3.05) is 25.0 Å². The van der Waals surface area contributed by atoms with Crippen LogP contribution in [0.2, 0.25) is 0 Å². The van der Waals surface area contributed by atoms with E-state index in [4.69, 9.17) is 4.74 Å². The Morgan fingerprint density at radius 1 is 0.968 bits per heavy atom. The fourth-order valence-electron chi connectivity index (χ4n) is 3.61. The molecule has 0 aliphatic carbocycles. The zero-order valence-corrected chi connectivity index (χ0v) is 18.6. The Morgan fingerprint density at radius 2 is 1.65 bits per heavy atom. The molecule has 1 aliphatic rings. The molecule has 3 heterocycles. The number of nitrogens with zero attached hydrogens (tertiary/aromatic N) is 4. The second kappa shape index (κ2) is 8.70. The van der Waals surface area contributed by atoms with E-state index < -0.39 is 16.1 Å². The molecule has 8 nitrogen and oxygen atoms in total. The number of pyridine rings is 1. The number of nitrogens with one attached hydrogen (secondary N) is 1. The quantitative estimate of drug-likeness (QED) is 0.651. The average molecular weight is 440 g/mol. The minimum Gasteiger partial charge on any atom is -0.369 e. The Hall–Kier alpha value is -2.88. The highest BCUT2D eigenvalue weighted by Gasteiger charge is 2.32. The van der Waals surface area contributed by atoms with Gasteiger partial charge in [-0.25, -0.2) is 18.4 Å². The largest absolute Gasteiger partial charge is 0.369 e. The first-order chi connectivity index (χ1) is 14.8. The van der Waals surface area contributed by atoms with Gasteiger partial charge in [0.05, 0.1) is 17.2 Å². The standard InChI is InChI=1S/C22H25N5O3S/c1-15-11-16(2)25-22(24-15)26-18-12-17(3)23-20(13-18)21-14-27(9-10-30-21)31(28,29)19-7-5-4-6-8-19/h4-8,11-13,21H,9-10,14H2,1-3H3,(H,23,24,25,26). The van der Waals surface area contributed by atoms with Crippen molar-refractivity contribution in [3.8, 4) is 0 Å². The molecule has 1 atom stereocenters. The van der Waals surface area contributed by atoms with Crippen molar-refractivity contribution in [2.45, 2.75) is 31.8 Å². The molecule has 1 saturated heterocycles. The Balaban J connectivity index is 1.58. The van der Waals surface area contributed by atoms with Gasteiger partial charge in [0.1, 0.15) is 6.10 Å². The summed E-state index contributed by atoms with van der Waals surface area (Å²) in [4.78, 5) is 13.7. The van der Waals surface area contributed by atoms with E-state index in [2.05, 4.69) is 20.3 Å². The van der Waals surface area contributed by atoms with Crippen LogP contribution in [0.1, 0.15) is 28.9 Å². The maximum Gasteiger partial charge on any atom is 0.243 e. The van der Waals surface area contributed by atoms with Crippen LogP contribution in [0, 0.1) is 20.8 Å². The molecule has 2 aromatic heterocycles. The van der Waals surface area contributed by atoms with Gasteiger partial charge in [0.2, 0.25) is 16.0 Å². The van der Waals surface area contributed by atoms with Crippen molar-refractivity contribution >= 4 is 21.7 Å². The maximum atomic E-state index is 13.0. The van der Waals surface area contributed by atoms with Gasteiger partial charge in [-0.3, -0.25) is 4.98 Å². The lowest BCUT2D eigenvalue weighted by Crippen LogP contribution is -2.42. The van der Waals surface area contributed by atoms with Gasteiger partial charge in [0, 0.05) is 35.9 Å². The van der Waals surface area contributed by atoms with E-state index in [0.29, 0.717) is 24.8 Å². The summed E-state index contributed by atoms with van der Waals surface area (Å²) in [5, 5.41) is 3.22. The lowest BCUT2D eigenvalue weighted by Gasteiger charge is -2.32. The smallest absolute Gasteiger partial charge is 0.243 e. The molecule has 0 spiro atoms. The molecule has 9 heteroatoms. The van der Waals surface area contributed by atoms with Gasteiger partial charge in [-0.05, 0) is 51.1 Å². The van der Waals surface area contributed by atoms with Crippen molar-refractivity contribution in [1.82, 2.24) is 19.3 Å². The summed E-state index contributed by atoms with van der Waals surface area (Å²) in [5.41, 5.74) is 3.98. The highest BCUT2D eigenvalue weighted by molar-refractivity contribution is 7.89. The predicted octanol–water partition coefficient (Wildman–Crippen LogP) is 3.30. The number of sulfonamides is 1. The van der Waals surface area contributed by atoms with Crippen molar-refractivity contribution in [1.29, 1.82) is 0 Å². The number of hydrogen-bond acceptors (Lipinski definition) is 7. The molecule has 0 bridgehead atoms. The van der Waals surface area contributed by atoms with Gasteiger partial charge in [-0.15, -0.1) is 0 Å². The molecule has 0 saturated carbocycles. The molecular weight excluding hydrogens is 414 g/mol. The van der Waals surface area contributed by atoms with E-state index in [1.807, 2.05) is 39.0 Å². The van der Waals surface area contributed by atoms with Crippen LogP contribution in [0.15, 0.2) is 53.4 Å². The number of benzene rings is 1. The summed E-state index contributed by atoms with van der Waals surface area (Å²) in [7, 11) is -3.59. The van der Waals surface area contributed by atoms with Crippen LogP contribution < -0.4 is 5.32 Å². The number of hydrogen-bond donors (Lipinski definition) is 1. The van der Waals surface area contributed by atoms with Crippen LogP contribution in [-0.2, 0) is 14.8 Å². The summed E-state index contributed by atoms with van der Waals surface area (Å²) >= 11 is 0. The van der Waals surface area contributed by atoms with Crippen molar-refractivity contribution in [2.24, 2.45) is 0 Å². The number of anilines is 2. The monoisotopic (exact) mass is 439 g/mol. The summed E-state index contributed by atoms with van der Waals surface area (Å²) < 4.78 is 33.4. The Morgan fingerprint density at radius 3 is 2.35 bits per heavy atom. The summed E-state index contributed by atoms with van der Waals surface area (Å²) in [6.07, 6.45) is -0.465. The first-order valence-corrected chi connectivity index (χ1v) is 11.5. The average Bonchev–Trinajstić information content (AvgIpc) is 2.73. The SMILES string of the molecule is Cc1cc(Nc2nc(C)cc(C)n2)cc(C2CN(S(=O)(=O)c3ccccc3)CCO2)n1. The lowest BCUT2D eigenvalue weighted by molar-refractivity contribution is -0.00497. The number of morpholine rings is 1. The second-order valence-electron chi connectivity index (χ2n) is 7.56. The predicted molar refractivity (Wildman–Crippen MR) is 118 cm³/mol. The second-order valence-corrected chi connectivity index (χ2v) is 9.49. The van der Waals surface area contributed by atoms with Crippen molar-refractivity contribution in [3.05, 3.63) is 71.3 Å². The summed E-state index contributed by atoms with van der Waals surface area (Å²) in [6.45, 7) is 6.53. The number of aromatic nitrogens is 3. The van der Waals surface area contributed by atoms with Gasteiger partial charge in [0.25, 0.3) is 0 Å². The van der Waals surface area contributed by atoms with Crippen LogP contribution in [-0.4, -0.2) is 47.4 Å². The number of aryl methyl sites for hydroxylation is 3. The maximum absolute atomic E-state index is 13.0. The van der Waals surface area contributed by atoms with Crippen LogP contribution in [0.3, 0.4) is 0 Å². The number of ether oxygens (including phenoxy) is 1. The third-order valence-electron chi connectivity index (χ3n) is 4.95. The van der Waals surface area contributed by atoms with Crippen molar-refractivity contribution < 1.29 is 13.2 Å². The minimum absolute atomic E-state index is 0.202. The van der Waals surface area contributed by atoms with Gasteiger partial charge in [-0.1, -0.05) is 18.2 Å². The van der Waals surface area contributed by atoms with E-state index >= 15 is 0 Å². The topological polar surface area (TPSA) is 97.3 Å². The molecule has 3 aromatic rings. The van der Waals surface area contributed by atoms with Crippen LogP contribution in [0.25, 0.3) is 0 Å².